The van der Waals surface area contributed by atoms with Gasteiger partial charge >= 0.3 is 0 Å². The van der Waals surface area contributed by atoms with E-state index in [1.54, 1.807) is 23.1 Å². The van der Waals surface area contributed by atoms with E-state index >= 15 is 0 Å². The SMILES string of the molecule is Cc1cccc(-c2sc(C)nc2C(=O)N2CCSC2CNC(=O)c2sc(C)nc2C)c1. The zero-order chi connectivity index (χ0) is 22.1. The van der Waals surface area contributed by atoms with Gasteiger partial charge in [0.1, 0.15) is 10.6 Å². The Morgan fingerprint density at radius 1 is 1.13 bits per heavy atom. The van der Waals surface area contributed by atoms with E-state index < -0.39 is 0 Å². The van der Waals surface area contributed by atoms with E-state index in [-0.39, 0.29) is 17.2 Å². The van der Waals surface area contributed by atoms with Crippen molar-refractivity contribution in [3.63, 3.8) is 0 Å². The van der Waals surface area contributed by atoms with Crippen LogP contribution in [0.25, 0.3) is 10.4 Å². The van der Waals surface area contributed by atoms with Gasteiger partial charge in [-0.2, -0.15) is 0 Å². The molecule has 1 fully saturated rings. The zero-order valence-electron chi connectivity index (χ0n) is 17.9. The molecule has 1 aromatic carbocycles. The highest BCUT2D eigenvalue weighted by molar-refractivity contribution is 8.00. The van der Waals surface area contributed by atoms with Crippen molar-refractivity contribution in [2.45, 2.75) is 33.1 Å². The molecule has 1 unspecified atom stereocenters. The van der Waals surface area contributed by atoms with Crippen molar-refractivity contribution in [3.05, 3.63) is 56.1 Å². The lowest BCUT2D eigenvalue weighted by atomic mass is 10.1. The fourth-order valence-corrected chi connectivity index (χ4v) is 6.51. The van der Waals surface area contributed by atoms with E-state index in [9.17, 15) is 9.59 Å². The van der Waals surface area contributed by atoms with Crippen LogP contribution >= 0.6 is 34.4 Å². The van der Waals surface area contributed by atoms with Crippen molar-refractivity contribution in [2.24, 2.45) is 0 Å². The third kappa shape index (κ3) is 4.68. The molecule has 3 heterocycles. The minimum absolute atomic E-state index is 0.0741. The summed E-state index contributed by atoms with van der Waals surface area (Å²) < 4.78 is 0. The number of rotatable bonds is 5. The third-order valence-corrected chi connectivity index (χ3v) is 8.33. The lowest BCUT2D eigenvalue weighted by Gasteiger charge is -2.23. The number of hydrogen-bond donors (Lipinski definition) is 1. The van der Waals surface area contributed by atoms with Crippen molar-refractivity contribution in [1.82, 2.24) is 20.2 Å². The number of carbonyl (C=O) groups excluding carboxylic acids is 2. The summed E-state index contributed by atoms with van der Waals surface area (Å²) in [6.07, 6.45) is 0. The minimum Gasteiger partial charge on any atom is -0.348 e. The van der Waals surface area contributed by atoms with Crippen molar-refractivity contribution in [2.75, 3.05) is 18.8 Å². The molecule has 9 heteroatoms. The Kier molecular flexibility index (Phi) is 6.45. The smallest absolute Gasteiger partial charge is 0.274 e. The van der Waals surface area contributed by atoms with Crippen LogP contribution < -0.4 is 5.32 Å². The molecule has 0 spiro atoms. The summed E-state index contributed by atoms with van der Waals surface area (Å²) in [5.41, 5.74) is 3.41. The van der Waals surface area contributed by atoms with E-state index in [2.05, 4.69) is 21.4 Å². The van der Waals surface area contributed by atoms with Crippen LogP contribution in [-0.2, 0) is 0 Å². The lowest BCUT2D eigenvalue weighted by molar-refractivity contribution is 0.0747. The summed E-state index contributed by atoms with van der Waals surface area (Å²) in [5, 5.41) is 4.62. The summed E-state index contributed by atoms with van der Waals surface area (Å²) in [6, 6.07) is 8.15. The summed E-state index contributed by atoms with van der Waals surface area (Å²) in [7, 11) is 0. The van der Waals surface area contributed by atoms with Crippen LogP contribution in [0.4, 0.5) is 0 Å². The number of nitrogens with zero attached hydrogens (tertiary/aromatic N) is 3. The van der Waals surface area contributed by atoms with Gasteiger partial charge in [-0.25, -0.2) is 9.97 Å². The summed E-state index contributed by atoms with van der Waals surface area (Å²) in [6.45, 7) is 8.75. The molecule has 2 amide bonds. The standard InChI is InChI=1S/C22H24N4O2S3/c1-12-6-5-7-16(10-12)20-18(25-15(4)31-20)22(28)26-8-9-29-17(26)11-23-21(27)19-13(2)24-14(3)30-19/h5-7,10,17H,8-9,11H2,1-4H3,(H,23,27). The molecular formula is C22H24N4O2S3. The predicted molar refractivity (Wildman–Crippen MR) is 128 cm³/mol. The topological polar surface area (TPSA) is 75.2 Å². The van der Waals surface area contributed by atoms with Gasteiger partial charge in [0.15, 0.2) is 0 Å². The number of aromatic nitrogens is 2. The van der Waals surface area contributed by atoms with Crippen LogP contribution in [0, 0.1) is 27.7 Å². The van der Waals surface area contributed by atoms with E-state index in [4.69, 9.17) is 0 Å². The average Bonchev–Trinajstić information content (AvgIpc) is 3.44. The highest BCUT2D eigenvalue weighted by Crippen LogP contribution is 2.34. The second-order valence-corrected chi connectivity index (χ2v) is 11.2. The van der Waals surface area contributed by atoms with Crippen LogP contribution in [0.5, 0.6) is 0 Å². The number of carbonyl (C=O) groups is 2. The largest absolute Gasteiger partial charge is 0.348 e. The summed E-state index contributed by atoms with van der Waals surface area (Å²) in [5.74, 6) is 0.635. The lowest BCUT2D eigenvalue weighted by Crippen LogP contribution is -2.42. The van der Waals surface area contributed by atoms with Gasteiger partial charge in [-0.1, -0.05) is 29.8 Å². The van der Waals surface area contributed by atoms with Gasteiger partial charge in [0, 0.05) is 18.8 Å². The molecule has 0 aliphatic carbocycles. The van der Waals surface area contributed by atoms with Gasteiger partial charge in [-0.15, -0.1) is 34.4 Å². The van der Waals surface area contributed by atoms with E-state index in [1.165, 1.54) is 11.3 Å². The number of thiazole rings is 2. The first-order chi connectivity index (χ1) is 14.8. The van der Waals surface area contributed by atoms with E-state index in [0.29, 0.717) is 23.7 Å². The fraction of sp³-hybridized carbons (Fsp3) is 0.364. The Balaban J connectivity index is 1.51. The van der Waals surface area contributed by atoms with Crippen LogP contribution in [-0.4, -0.2) is 50.9 Å². The van der Waals surface area contributed by atoms with Crippen LogP contribution in [0.15, 0.2) is 24.3 Å². The number of benzene rings is 1. The molecule has 162 valence electrons. The molecule has 0 saturated carbocycles. The molecular weight excluding hydrogens is 448 g/mol. The van der Waals surface area contributed by atoms with Gasteiger partial charge in [-0.05, 0) is 33.3 Å². The Morgan fingerprint density at radius 3 is 2.61 bits per heavy atom. The monoisotopic (exact) mass is 472 g/mol. The van der Waals surface area contributed by atoms with E-state index in [1.807, 2.05) is 50.8 Å². The Morgan fingerprint density at radius 2 is 1.90 bits per heavy atom. The zero-order valence-corrected chi connectivity index (χ0v) is 20.3. The molecule has 1 saturated heterocycles. The number of nitrogens with one attached hydrogen (secondary N) is 1. The molecule has 31 heavy (non-hydrogen) atoms. The Labute approximate surface area is 194 Å². The molecule has 1 aliphatic rings. The molecule has 4 rings (SSSR count). The van der Waals surface area contributed by atoms with Crippen molar-refractivity contribution in [3.8, 4) is 10.4 Å². The van der Waals surface area contributed by atoms with Gasteiger partial charge in [0.05, 0.1) is 26.0 Å². The minimum atomic E-state index is -0.132. The molecule has 1 aliphatic heterocycles. The summed E-state index contributed by atoms with van der Waals surface area (Å²) >= 11 is 4.62. The Hall–Kier alpha value is -2.23. The van der Waals surface area contributed by atoms with Gasteiger partial charge in [0.2, 0.25) is 0 Å². The maximum atomic E-state index is 13.5. The predicted octanol–water partition coefficient (Wildman–Crippen LogP) is 4.45. The van der Waals surface area contributed by atoms with Gasteiger partial charge in [-0.3, -0.25) is 9.59 Å². The number of hydrogen-bond acceptors (Lipinski definition) is 7. The molecule has 0 bridgehead atoms. The van der Waals surface area contributed by atoms with Gasteiger partial charge in [0.25, 0.3) is 11.8 Å². The highest BCUT2D eigenvalue weighted by atomic mass is 32.2. The normalized spacial score (nSPS) is 16.0. The Bertz CT molecular complexity index is 1140. The van der Waals surface area contributed by atoms with Crippen LogP contribution in [0.2, 0.25) is 0 Å². The van der Waals surface area contributed by atoms with Crippen molar-refractivity contribution in [1.29, 1.82) is 0 Å². The first-order valence-electron chi connectivity index (χ1n) is 10.0. The first kappa shape index (κ1) is 22.0. The average molecular weight is 473 g/mol. The van der Waals surface area contributed by atoms with Crippen LogP contribution in [0.3, 0.4) is 0 Å². The first-order valence-corrected chi connectivity index (χ1v) is 12.7. The maximum Gasteiger partial charge on any atom is 0.274 e. The van der Waals surface area contributed by atoms with Crippen molar-refractivity contribution < 1.29 is 9.59 Å². The van der Waals surface area contributed by atoms with E-state index in [0.717, 1.165) is 37.5 Å². The second kappa shape index (κ2) is 9.10. The second-order valence-electron chi connectivity index (χ2n) is 7.46. The molecule has 0 radical (unpaired) electrons. The fourth-order valence-electron chi connectivity index (χ4n) is 3.61. The summed E-state index contributed by atoms with van der Waals surface area (Å²) in [4.78, 5) is 38.3. The molecule has 6 nitrogen and oxygen atoms in total. The maximum absolute atomic E-state index is 13.5. The number of amides is 2. The number of aryl methyl sites for hydroxylation is 4. The van der Waals surface area contributed by atoms with Crippen LogP contribution in [0.1, 0.15) is 41.4 Å². The molecule has 2 aromatic heterocycles. The quantitative estimate of drug-likeness (QED) is 0.594. The van der Waals surface area contributed by atoms with Gasteiger partial charge < -0.3 is 10.2 Å². The third-order valence-electron chi connectivity index (χ3n) is 5.01. The molecule has 1 atom stereocenters. The highest BCUT2D eigenvalue weighted by Gasteiger charge is 2.33. The molecule has 1 N–H and O–H groups in total. The number of thioether (sulfide) groups is 1. The molecule has 3 aromatic rings. The van der Waals surface area contributed by atoms with Crippen molar-refractivity contribution >= 4 is 46.2 Å².